The van der Waals surface area contributed by atoms with Gasteiger partial charge in [-0.25, -0.2) is 9.18 Å². The summed E-state index contributed by atoms with van der Waals surface area (Å²) < 4.78 is 94.0. The van der Waals surface area contributed by atoms with Crippen molar-refractivity contribution >= 4 is 29.4 Å². The molecule has 0 radical (unpaired) electrons. The molecule has 4 rings (SSSR count). The number of likely N-dealkylation sites (N-methyl/N-ethyl adjacent to an activating group) is 1. The van der Waals surface area contributed by atoms with Gasteiger partial charge in [-0.3, -0.25) is 24.6 Å². The molecule has 8 nitrogen and oxygen atoms in total. The number of nitrogens with zero attached hydrogens (tertiary/aromatic N) is 3. The topological polar surface area (TPSA) is 90.0 Å². The maximum Gasteiger partial charge on any atom is 0.416 e. The van der Waals surface area contributed by atoms with Crippen LogP contribution in [0.1, 0.15) is 35.4 Å². The Morgan fingerprint density at radius 3 is 1.88 bits per heavy atom. The summed E-state index contributed by atoms with van der Waals surface area (Å²) in [5, 5.41) is 2.11. The molecule has 5 amide bonds. The van der Waals surface area contributed by atoms with Crippen LogP contribution in [0.5, 0.6) is 0 Å². The van der Waals surface area contributed by atoms with Gasteiger partial charge in [0.1, 0.15) is 5.82 Å². The van der Waals surface area contributed by atoms with Gasteiger partial charge in [0.25, 0.3) is 0 Å². The van der Waals surface area contributed by atoms with E-state index in [1.54, 1.807) is 0 Å². The first-order valence-corrected chi connectivity index (χ1v) is 12.6. The largest absolute Gasteiger partial charge is 0.416 e. The van der Waals surface area contributed by atoms with E-state index in [0.717, 1.165) is 24.1 Å². The van der Waals surface area contributed by atoms with Gasteiger partial charge < -0.3 is 9.80 Å². The van der Waals surface area contributed by atoms with E-state index in [1.807, 2.05) is 0 Å². The molecule has 42 heavy (non-hydrogen) atoms. The second kappa shape index (κ2) is 11.2. The summed E-state index contributed by atoms with van der Waals surface area (Å²) in [4.78, 5) is 53.5. The lowest BCUT2D eigenvalue weighted by atomic mass is 9.93. The van der Waals surface area contributed by atoms with Crippen LogP contribution >= 0.6 is 0 Å². The first-order valence-electron chi connectivity index (χ1n) is 12.6. The normalized spacial score (nSPS) is 20.0. The van der Waals surface area contributed by atoms with Crippen molar-refractivity contribution in [3.63, 3.8) is 0 Å². The van der Waals surface area contributed by atoms with E-state index >= 15 is 0 Å². The van der Waals surface area contributed by atoms with Crippen molar-refractivity contribution in [2.45, 2.75) is 37.2 Å². The molecule has 2 aliphatic heterocycles. The minimum atomic E-state index is -5.12. The number of urea groups is 1. The van der Waals surface area contributed by atoms with Crippen LogP contribution in [-0.2, 0) is 26.7 Å². The van der Waals surface area contributed by atoms with Gasteiger partial charge >= 0.3 is 18.4 Å². The van der Waals surface area contributed by atoms with Gasteiger partial charge in [0.15, 0.2) is 0 Å². The zero-order chi connectivity index (χ0) is 31.1. The first-order chi connectivity index (χ1) is 19.5. The average Bonchev–Trinajstić information content (AvgIpc) is 3.35. The van der Waals surface area contributed by atoms with Gasteiger partial charge in [0.2, 0.25) is 17.7 Å². The van der Waals surface area contributed by atoms with Crippen molar-refractivity contribution in [1.29, 1.82) is 0 Å². The molecule has 0 aromatic heterocycles. The number of amides is 5. The minimum Gasteiger partial charge on any atom is -0.340 e. The van der Waals surface area contributed by atoms with Gasteiger partial charge in [-0.05, 0) is 35.9 Å². The van der Waals surface area contributed by atoms with Crippen LogP contribution in [0.3, 0.4) is 0 Å². The minimum absolute atomic E-state index is 0.00937. The Bertz CT molecular complexity index is 1350. The number of alkyl halides is 6. The fourth-order valence-electron chi connectivity index (χ4n) is 5.23. The molecule has 0 aliphatic carbocycles. The Morgan fingerprint density at radius 2 is 1.38 bits per heavy atom. The molecule has 2 saturated heterocycles. The van der Waals surface area contributed by atoms with Gasteiger partial charge in [-0.1, -0.05) is 12.1 Å². The molecule has 1 N–H and O–H groups in total. The van der Waals surface area contributed by atoms with Gasteiger partial charge in [-0.15, -0.1) is 0 Å². The third-order valence-corrected chi connectivity index (χ3v) is 7.44. The maximum absolute atomic E-state index is 13.6. The number of anilines is 1. The molecular weight excluding hydrogens is 577 g/mol. The highest BCUT2D eigenvalue weighted by Crippen LogP contribution is 2.39. The molecule has 2 aliphatic rings. The predicted octanol–water partition coefficient (Wildman–Crippen LogP) is 4.40. The highest BCUT2D eigenvalue weighted by Gasteiger charge is 2.44. The fraction of sp³-hybridized carbons (Fsp3) is 0.407. The number of carbonyl (C=O) groups excluding carboxylic acids is 4. The number of benzene rings is 2. The molecule has 0 bridgehead atoms. The van der Waals surface area contributed by atoms with Gasteiger partial charge in [0.05, 0.1) is 23.1 Å². The smallest absolute Gasteiger partial charge is 0.340 e. The number of rotatable bonds is 4. The summed E-state index contributed by atoms with van der Waals surface area (Å²) in [6, 6.07) is 4.17. The third-order valence-electron chi connectivity index (χ3n) is 7.44. The molecule has 2 fully saturated rings. The second-order valence-corrected chi connectivity index (χ2v) is 10.3. The first kappa shape index (κ1) is 30.8. The molecule has 2 heterocycles. The Balaban J connectivity index is 1.64. The third kappa shape index (κ3) is 6.49. The van der Waals surface area contributed by atoms with Crippen LogP contribution in [0.2, 0.25) is 0 Å². The summed E-state index contributed by atoms with van der Waals surface area (Å²) in [6.07, 6.45) is -10.7. The van der Waals surface area contributed by atoms with E-state index < -0.39 is 76.6 Å². The Labute approximate surface area is 235 Å². The molecule has 2 atom stereocenters. The van der Waals surface area contributed by atoms with Crippen LogP contribution in [-0.4, -0.2) is 66.8 Å². The van der Waals surface area contributed by atoms with E-state index in [9.17, 15) is 49.9 Å². The van der Waals surface area contributed by atoms with Crippen molar-refractivity contribution < 1.29 is 49.9 Å². The molecular formula is C27H25F7N4O4. The number of nitrogens with one attached hydrogen (secondary N) is 1. The summed E-state index contributed by atoms with van der Waals surface area (Å²) in [5.41, 5.74) is -3.34. The summed E-state index contributed by atoms with van der Waals surface area (Å²) in [6.45, 7) is -0.135. The molecule has 0 saturated carbocycles. The average molecular weight is 603 g/mol. The van der Waals surface area contributed by atoms with Gasteiger partial charge in [-0.2, -0.15) is 26.3 Å². The standard InChI is InChI=1S/C27H25F7N4O4/c1-36(19-10-16(26(29,30)31)9-17(11-19)27(32,33)34)25(42)37(2)21-13-38(12-20(21)14-3-5-18(28)6-4-14)24(41)15-7-22(39)35-23(40)8-15/h3-6,9-11,15,20-21H,7-8,12-13H2,1-2H3,(H,35,39,40). The van der Waals surface area contributed by atoms with Crippen molar-refractivity contribution in [2.24, 2.45) is 5.92 Å². The lowest BCUT2D eigenvalue weighted by Gasteiger charge is -2.33. The maximum atomic E-state index is 13.6. The zero-order valence-corrected chi connectivity index (χ0v) is 22.2. The van der Waals surface area contributed by atoms with Crippen LogP contribution in [0.25, 0.3) is 0 Å². The van der Waals surface area contributed by atoms with Crippen LogP contribution < -0.4 is 10.2 Å². The quantitative estimate of drug-likeness (QED) is 0.415. The highest BCUT2D eigenvalue weighted by molar-refractivity contribution is 6.02. The van der Waals surface area contributed by atoms with Crippen molar-refractivity contribution in [2.75, 3.05) is 32.1 Å². The lowest BCUT2D eigenvalue weighted by Crippen LogP contribution is -2.48. The van der Waals surface area contributed by atoms with Crippen molar-refractivity contribution in [1.82, 2.24) is 15.1 Å². The Morgan fingerprint density at radius 1 is 0.857 bits per heavy atom. The number of imide groups is 1. The fourth-order valence-corrected chi connectivity index (χ4v) is 5.23. The van der Waals surface area contributed by atoms with E-state index in [4.69, 9.17) is 0 Å². The van der Waals surface area contributed by atoms with Crippen LogP contribution in [0, 0.1) is 11.7 Å². The zero-order valence-electron chi connectivity index (χ0n) is 22.2. The number of halogens is 7. The number of hydrogen-bond acceptors (Lipinski definition) is 4. The number of carbonyl (C=O) groups is 4. The van der Waals surface area contributed by atoms with Crippen molar-refractivity contribution in [3.8, 4) is 0 Å². The number of hydrogen-bond donors (Lipinski definition) is 1. The number of likely N-dealkylation sites (tertiary alicyclic amines) is 1. The Hall–Kier alpha value is -4.17. The summed E-state index contributed by atoms with van der Waals surface area (Å²) in [5.74, 6) is -3.92. The predicted molar refractivity (Wildman–Crippen MR) is 133 cm³/mol. The second-order valence-electron chi connectivity index (χ2n) is 10.3. The van der Waals surface area contributed by atoms with E-state index in [0.29, 0.717) is 22.6 Å². The Kier molecular flexibility index (Phi) is 8.24. The van der Waals surface area contributed by atoms with Crippen LogP contribution in [0.15, 0.2) is 42.5 Å². The number of piperidine rings is 1. The highest BCUT2D eigenvalue weighted by atomic mass is 19.4. The van der Waals surface area contributed by atoms with Crippen molar-refractivity contribution in [3.05, 3.63) is 65.0 Å². The SMILES string of the molecule is CN(C(=O)N(C)C1CN(C(=O)C2CC(=O)NC(=O)C2)CC1c1ccc(F)cc1)c1cc(C(F)(F)F)cc(C(F)(F)F)c1. The molecule has 15 heteroatoms. The molecule has 0 spiro atoms. The van der Waals surface area contributed by atoms with Crippen LogP contribution in [0.4, 0.5) is 41.2 Å². The molecule has 2 aromatic carbocycles. The molecule has 2 unspecified atom stereocenters. The summed E-state index contributed by atoms with van der Waals surface area (Å²) in [7, 11) is 2.30. The van der Waals surface area contributed by atoms with E-state index in [1.165, 1.54) is 24.1 Å². The van der Waals surface area contributed by atoms with E-state index in [-0.39, 0.29) is 32.0 Å². The lowest BCUT2D eigenvalue weighted by molar-refractivity contribution is -0.144. The molecule has 2 aromatic rings. The van der Waals surface area contributed by atoms with E-state index in [2.05, 4.69) is 5.32 Å². The molecule has 226 valence electrons. The summed E-state index contributed by atoms with van der Waals surface area (Å²) >= 11 is 0. The monoisotopic (exact) mass is 602 g/mol. The van der Waals surface area contributed by atoms with Gasteiger partial charge in [0, 0.05) is 51.6 Å².